The minimum Gasteiger partial charge on any atom is -0.294 e. The van der Waals surface area contributed by atoms with Gasteiger partial charge in [-0.25, -0.2) is 0 Å². The summed E-state index contributed by atoms with van der Waals surface area (Å²) in [5.74, 6) is 0.0728. The predicted molar refractivity (Wildman–Crippen MR) is 125 cm³/mol. The number of hydrogen-bond acceptors (Lipinski definition) is 2. The summed E-state index contributed by atoms with van der Waals surface area (Å²) in [4.78, 5) is 28.8. The highest BCUT2D eigenvalue weighted by Crippen LogP contribution is 2.48. The van der Waals surface area contributed by atoms with Crippen LogP contribution in [-0.4, -0.2) is 11.7 Å². The number of Topliss-reactive ketones (excluding diaryl/α,β-unsaturated/α-hetero) is 1. The lowest BCUT2D eigenvalue weighted by Gasteiger charge is -2.43. The maximum atomic E-state index is 13.5. The Balaban J connectivity index is 1.69. The molecule has 1 heterocycles. The van der Waals surface area contributed by atoms with E-state index in [0.717, 1.165) is 39.7 Å². The zero-order valence-electron chi connectivity index (χ0n) is 18.3. The molecule has 1 aliphatic carbocycles. The van der Waals surface area contributed by atoms with Crippen molar-refractivity contribution in [1.82, 2.24) is 0 Å². The van der Waals surface area contributed by atoms with Crippen molar-refractivity contribution < 1.29 is 9.59 Å². The van der Waals surface area contributed by atoms with E-state index in [1.165, 1.54) is 5.56 Å². The molecule has 0 N–H and O–H groups in total. The van der Waals surface area contributed by atoms with E-state index in [4.69, 9.17) is 0 Å². The first-order valence-corrected chi connectivity index (χ1v) is 11.0. The van der Waals surface area contributed by atoms with Crippen LogP contribution in [0.15, 0.2) is 78.0 Å². The highest BCUT2D eigenvalue weighted by Gasteiger charge is 2.44. The monoisotopic (exact) mass is 409 g/mol. The van der Waals surface area contributed by atoms with E-state index in [2.05, 4.69) is 69.3 Å². The van der Waals surface area contributed by atoms with Gasteiger partial charge in [-0.3, -0.25) is 14.5 Å². The van der Waals surface area contributed by atoms with Gasteiger partial charge < -0.3 is 0 Å². The lowest BCUT2D eigenvalue weighted by Crippen LogP contribution is -2.43. The van der Waals surface area contributed by atoms with Gasteiger partial charge in [-0.2, -0.15) is 0 Å². The molecule has 0 spiro atoms. The van der Waals surface area contributed by atoms with E-state index in [0.29, 0.717) is 12.8 Å². The largest absolute Gasteiger partial charge is 0.294 e. The topological polar surface area (TPSA) is 37.4 Å². The highest BCUT2D eigenvalue weighted by molar-refractivity contribution is 6.08. The summed E-state index contributed by atoms with van der Waals surface area (Å²) in [6.07, 6.45) is 1.56. The Morgan fingerprint density at radius 3 is 2.32 bits per heavy atom. The minimum absolute atomic E-state index is 0.0603. The molecule has 0 aromatic heterocycles. The van der Waals surface area contributed by atoms with Gasteiger partial charge in [0.15, 0.2) is 5.78 Å². The van der Waals surface area contributed by atoms with E-state index in [-0.39, 0.29) is 23.0 Å². The fraction of sp³-hybridized carbons (Fsp3) is 0.286. The number of rotatable bonds is 2. The van der Waals surface area contributed by atoms with Gasteiger partial charge in [-0.1, -0.05) is 74.0 Å². The highest BCUT2D eigenvalue weighted by atomic mass is 16.2. The van der Waals surface area contributed by atoms with Gasteiger partial charge in [0.05, 0.1) is 0 Å². The molecule has 0 fully saturated rings. The number of ketones is 1. The average Bonchev–Trinajstić information content (AvgIpc) is 2.72. The summed E-state index contributed by atoms with van der Waals surface area (Å²) in [6.45, 7) is 6.29. The number of hydrogen-bond donors (Lipinski definition) is 0. The SMILES string of the molecule is Cc1ccc(C2CC(=O)N(c3ccc4ccccc4c3)C3=C2C(=O)CC(C)(C)C3)cc1. The van der Waals surface area contributed by atoms with Crippen LogP contribution >= 0.6 is 0 Å². The van der Waals surface area contributed by atoms with E-state index in [9.17, 15) is 9.59 Å². The lowest BCUT2D eigenvalue weighted by atomic mass is 9.69. The van der Waals surface area contributed by atoms with Crippen LogP contribution in [0.25, 0.3) is 10.8 Å². The van der Waals surface area contributed by atoms with E-state index in [1.807, 2.05) is 23.1 Å². The second-order valence-electron chi connectivity index (χ2n) is 9.73. The number of anilines is 1. The van der Waals surface area contributed by atoms with Gasteiger partial charge in [0.25, 0.3) is 0 Å². The molecule has 31 heavy (non-hydrogen) atoms. The van der Waals surface area contributed by atoms with Crippen LogP contribution in [0.5, 0.6) is 0 Å². The first kappa shape index (κ1) is 19.7. The van der Waals surface area contributed by atoms with Crippen LogP contribution in [0.1, 0.15) is 50.2 Å². The van der Waals surface area contributed by atoms with Crippen LogP contribution in [0, 0.1) is 12.3 Å². The van der Waals surface area contributed by atoms with Crippen molar-refractivity contribution in [2.24, 2.45) is 5.41 Å². The Labute approximate surface area is 183 Å². The number of carbonyl (C=O) groups is 2. The molecule has 0 saturated heterocycles. The molecule has 3 heteroatoms. The minimum atomic E-state index is -0.166. The predicted octanol–water partition coefficient (Wildman–Crippen LogP) is 6.31. The molecule has 0 radical (unpaired) electrons. The van der Waals surface area contributed by atoms with E-state index < -0.39 is 0 Å². The van der Waals surface area contributed by atoms with Crippen molar-refractivity contribution in [3.05, 3.63) is 89.1 Å². The number of aryl methyl sites for hydroxylation is 1. The van der Waals surface area contributed by atoms with Crippen LogP contribution < -0.4 is 4.90 Å². The molecule has 1 atom stereocenters. The number of benzene rings is 3. The van der Waals surface area contributed by atoms with Gasteiger partial charge in [0, 0.05) is 35.7 Å². The Bertz CT molecular complexity index is 1230. The van der Waals surface area contributed by atoms with E-state index in [1.54, 1.807) is 0 Å². The smallest absolute Gasteiger partial charge is 0.232 e. The molecular weight excluding hydrogens is 382 g/mol. The fourth-order valence-corrected chi connectivity index (χ4v) is 5.11. The fourth-order valence-electron chi connectivity index (χ4n) is 5.11. The number of fused-ring (bicyclic) bond motifs is 1. The Morgan fingerprint density at radius 1 is 0.871 bits per heavy atom. The molecule has 3 aromatic rings. The molecule has 1 amide bonds. The Kier molecular flexibility index (Phi) is 4.58. The summed E-state index contributed by atoms with van der Waals surface area (Å²) in [5, 5.41) is 2.24. The van der Waals surface area contributed by atoms with E-state index >= 15 is 0 Å². The van der Waals surface area contributed by atoms with Gasteiger partial charge >= 0.3 is 0 Å². The molecular formula is C28H27NO2. The van der Waals surface area contributed by atoms with Crippen LogP contribution in [-0.2, 0) is 9.59 Å². The third-order valence-electron chi connectivity index (χ3n) is 6.61. The zero-order valence-corrected chi connectivity index (χ0v) is 18.3. The van der Waals surface area contributed by atoms with Crippen LogP contribution in [0.3, 0.4) is 0 Å². The lowest BCUT2D eigenvalue weighted by molar-refractivity contribution is -0.121. The third kappa shape index (κ3) is 3.48. The quantitative estimate of drug-likeness (QED) is 0.497. The molecule has 1 aliphatic heterocycles. The molecule has 2 aliphatic rings. The van der Waals surface area contributed by atoms with Crippen LogP contribution in [0.2, 0.25) is 0 Å². The zero-order chi connectivity index (χ0) is 21.8. The summed E-state index contributed by atoms with van der Waals surface area (Å²) in [7, 11) is 0. The molecule has 0 bridgehead atoms. The standard InChI is InChI=1S/C28H27NO2/c1-18-8-10-20(11-9-18)23-15-26(31)29(24-16-28(2,3)17-25(30)27(23)24)22-13-12-19-6-4-5-7-21(19)14-22/h4-14,23H,15-17H2,1-3H3. The van der Waals surface area contributed by atoms with Gasteiger partial charge in [-0.15, -0.1) is 0 Å². The molecule has 1 unspecified atom stereocenters. The van der Waals surface area contributed by atoms with Gasteiger partial charge in [0.1, 0.15) is 0 Å². The molecule has 156 valence electrons. The van der Waals surface area contributed by atoms with Crippen LogP contribution in [0.4, 0.5) is 5.69 Å². The number of allylic oxidation sites excluding steroid dienone is 2. The van der Waals surface area contributed by atoms with Crippen molar-refractivity contribution in [3.8, 4) is 0 Å². The number of amides is 1. The summed E-state index contributed by atoms with van der Waals surface area (Å²) >= 11 is 0. The third-order valence-corrected chi connectivity index (χ3v) is 6.61. The molecule has 3 aromatic carbocycles. The van der Waals surface area contributed by atoms with Crippen molar-refractivity contribution in [3.63, 3.8) is 0 Å². The Morgan fingerprint density at radius 2 is 1.58 bits per heavy atom. The first-order valence-electron chi connectivity index (χ1n) is 11.0. The molecule has 0 saturated carbocycles. The maximum absolute atomic E-state index is 13.5. The first-order chi connectivity index (χ1) is 14.8. The second-order valence-corrected chi connectivity index (χ2v) is 9.73. The second kappa shape index (κ2) is 7.19. The molecule has 5 rings (SSSR count). The summed E-state index contributed by atoms with van der Waals surface area (Å²) in [5.41, 5.74) is 4.63. The normalized spacial score (nSPS) is 20.9. The number of nitrogens with zero attached hydrogens (tertiary/aromatic N) is 1. The van der Waals surface area contributed by atoms with Crippen molar-refractivity contribution in [1.29, 1.82) is 0 Å². The Hall–Kier alpha value is -3.20. The maximum Gasteiger partial charge on any atom is 0.232 e. The van der Waals surface area contributed by atoms with Crippen molar-refractivity contribution in [2.75, 3.05) is 4.90 Å². The van der Waals surface area contributed by atoms with Crippen molar-refractivity contribution >= 4 is 28.2 Å². The average molecular weight is 410 g/mol. The van der Waals surface area contributed by atoms with Gasteiger partial charge in [0.2, 0.25) is 5.91 Å². The van der Waals surface area contributed by atoms with Crippen molar-refractivity contribution in [2.45, 2.75) is 46.0 Å². The van der Waals surface area contributed by atoms with Gasteiger partial charge in [-0.05, 0) is 47.2 Å². The summed E-state index contributed by atoms with van der Waals surface area (Å²) in [6, 6.07) is 22.5. The number of carbonyl (C=O) groups excluding carboxylic acids is 2. The molecule has 3 nitrogen and oxygen atoms in total. The summed E-state index contributed by atoms with van der Waals surface area (Å²) < 4.78 is 0.